The van der Waals surface area contributed by atoms with Gasteiger partial charge in [0.25, 0.3) is 0 Å². The summed E-state index contributed by atoms with van der Waals surface area (Å²) < 4.78 is 26.5. The summed E-state index contributed by atoms with van der Waals surface area (Å²) in [4.78, 5) is 0. The fourth-order valence-corrected chi connectivity index (χ4v) is 4.92. The van der Waals surface area contributed by atoms with Gasteiger partial charge in [0.15, 0.2) is 0 Å². The van der Waals surface area contributed by atoms with E-state index in [9.17, 15) is 13.5 Å². The van der Waals surface area contributed by atoms with Crippen molar-refractivity contribution in [3.05, 3.63) is 35.9 Å². The van der Waals surface area contributed by atoms with Crippen molar-refractivity contribution in [1.82, 2.24) is 10.0 Å². The fourth-order valence-electron chi connectivity index (χ4n) is 3.67. The molecule has 3 N–H and O–H groups in total. The Labute approximate surface area is 158 Å². The summed E-state index contributed by atoms with van der Waals surface area (Å²) in [6.07, 6.45) is 6.78. The van der Waals surface area contributed by atoms with Crippen LogP contribution in [0.3, 0.4) is 0 Å². The fraction of sp³-hybridized carbons (Fsp3) is 0.700. The first kappa shape index (κ1) is 21.4. The van der Waals surface area contributed by atoms with Crippen molar-refractivity contribution in [3.63, 3.8) is 0 Å². The lowest BCUT2D eigenvalue weighted by atomic mass is 9.81. The van der Waals surface area contributed by atoms with E-state index in [1.54, 1.807) is 12.1 Å². The Balaban J connectivity index is 1.56. The highest BCUT2D eigenvalue weighted by molar-refractivity contribution is 7.88. The lowest BCUT2D eigenvalue weighted by Gasteiger charge is -2.28. The third-order valence-electron chi connectivity index (χ3n) is 5.32. The average molecular weight is 383 g/mol. The van der Waals surface area contributed by atoms with Crippen LogP contribution >= 0.6 is 0 Å². The van der Waals surface area contributed by atoms with Gasteiger partial charge in [-0.05, 0) is 56.2 Å². The third-order valence-corrected chi connectivity index (χ3v) is 6.67. The van der Waals surface area contributed by atoms with Crippen LogP contribution in [0.25, 0.3) is 0 Å². The Morgan fingerprint density at radius 2 is 1.77 bits per heavy atom. The van der Waals surface area contributed by atoms with Gasteiger partial charge in [-0.15, -0.1) is 0 Å². The summed E-state index contributed by atoms with van der Waals surface area (Å²) >= 11 is 0. The highest BCUT2D eigenvalue weighted by Crippen LogP contribution is 2.30. The first-order valence-corrected chi connectivity index (χ1v) is 11.6. The molecule has 148 valence electrons. The lowest BCUT2D eigenvalue weighted by Crippen LogP contribution is -2.36. The normalized spacial score (nSPS) is 22.2. The van der Waals surface area contributed by atoms with Crippen LogP contribution in [0.1, 0.15) is 57.4 Å². The molecule has 0 aromatic heterocycles. The van der Waals surface area contributed by atoms with E-state index in [0.717, 1.165) is 31.3 Å². The zero-order valence-electron chi connectivity index (χ0n) is 15.9. The second-order valence-electron chi connectivity index (χ2n) is 7.52. The molecule has 0 radical (unpaired) electrons. The molecule has 0 heterocycles. The van der Waals surface area contributed by atoms with Gasteiger partial charge in [0.1, 0.15) is 6.23 Å². The summed E-state index contributed by atoms with van der Waals surface area (Å²) in [6.45, 7) is 4.13. The maximum Gasteiger partial charge on any atom is 0.217 e. The quantitative estimate of drug-likeness (QED) is 0.406. The minimum Gasteiger partial charge on any atom is -0.378 e. The van der Waals surface area contributed by atoms with E-state index in [1.165, 1.54) is 32.1 Å². The smallest absolute Gasteiger partial charge is 0.217 e. The van der Waals surface area contributed by atoms with E-state index in [0.29, 0.717) is 12.0 Å². The van der Waals surface area contributed by atoms with Gasteiger partial charge in [0, 0.05) is 0 Å². The Bertz CT molecular complexity index is 599. The Morgan fingerprint density at radius 3 is 2.42 bits per heavy atom. The van der Waals surface area contributed by atoms with Crippen LogP contribution in [0.4, 0.5) is 0 Å². The van der Waals surface area contributed by atoms with E-state index in [4.69, 9.17) is 0 Å². The molecule has 2 rings (SSSR count). The molecule has 1 aliphatic carbocycles. The molecule has 26 heavy (non-hydrogen) atoms. The van der Waals surface area contributed by atoms with Crippen LogP contribution < -0.4 is 10.0 Å². The van der Waals surface area contributed by atoms with Crippen molar-refractivity contribution in [2.45, 2.75) is 63.9 Å². The van der Waals surface area contributed by atoms with Crippen molar-refractivity contribution in [1.29, 1.82) is 0 Å². The summed E-state index contributed by atoms with van der Waals surface area (Å²) in [7, 11) is -3.52. The summed E-state index contributed by atoms with van der Waals surface area (Å²) in [5.74, 6) is 1.58. The van der Waals surface area contributed by atoms with Gasteiger partial charge < -0.3 is 10.4 Å². The van der Waals surface area contributed by atoms with Gasteiger partial charge in [-0.3, -0.25) is 0 Å². The number of nitrogens with one attached hydrogen (secondary N) is 2. The van der Waals surface area contributed by atoms with Gasteiger partial charge in [-0.25, -0.2) is 8.42 Å². The first-order valence-electron chi connectivity index (χ1n) is 9.91. The molecule has 1 aliphatic rings. The second-order valence-corrected chi connectivity index (χ2v) is 9.27. The van der Waals surface area contributed by atoms with Gasteiger partial charge >= 0.3 is 0 Å². The zero-order valence-corrected chi connectivity index (χ0v) is 16.7. The van der Waals surface area contributed by atoms with Crippen LogP contribution in [0.2, 0.25) is 0 Å². The van der Waals surface area contributed by atoms with Crippen molar-refractivity contribution in [3.8, 4) is 0 Å². The predicted molar refractivity (Wildman–Crippen MR) is 106 cm³/mol. The van der Waals surface area contributed by atoms with Gasteiger partial charge in [0.2, 0.25) is 10.0 Å². The molecular formula is C20H34N2O3S. The molecule has 0 saturated heterocycles. The molecule has 5 nitrogen and oxygen atoms in total. The molecule has 1 aromatic rings. The molecule has 1 fully saturated rings. The van der Waals surface area contributed by atoms with Gasteiger partial charge in [-0.2, -0.15) is 4.72 Å². The maximum atomic E-state index is 12.1. The highest BCUT2D eigenvalue weighted by atomic mass is 32.2. The number of aliphatic hydroxyl groups is 1. The van der Waals surface area contributed by atoms with Crippen molar-refractivity contribution in [2.75, 3.05) is 13.1 Å². The van der Waals surface area contributed by atoms with Gasteiger partial charge in [-0.1, -0.05) is 56.5 Å². The molecule has 1 unspecified atom stereocenters. The number of benzene rings is 1. The molecular weight excluding hydrogens is 348 g/mol. The largest absolute Gasteiger partial charge is 0.378 e. The Hall–Kier alpha value is -0.950. The topological polar surface area (TPSA) is 78.4 Å². The molecule has 0 aliphatic heterocycles. The average Bonchev–Trinajstić information content (AvgIpc) is 2.62. The molecule has 0 amide bonds. The zero-order chi connectivity index (χ0) is 18.8. The maximum absolute atomic E-state index is 12.1. The van der Waals surface area contributed by atoms with E-state index < -0.39 is 16.3 Å². The number of sulfonamides is 1. The van der Waals surface area contributed by atoms with Crippen LogP contribution in [-0.2, 0) is 15.8 Å². The molecule has 1 aromatic carbocycles. The molecule has 1 saturated carbocycles. The first-order chi connectivity index (χ1) is 12.5. The Kier molecular flexibility index (Phi) is 9.05. The minimum absolute atomic E-state index is 0.108. The van der Waals surface area contributed by atoms with E-state index >= 15 is 0 Å². The van der Waals surface area contributed by atoms with Crippen LogP contribution in [0.5, 0.6) is 0 Å². The van der Waals surface area contributed by atoms with Crippen LogP contribution in [0.15, 0.2) is 30.3 Å². The number of aliphatic hydroxyl groups excluding tert-OH is 1. The number of hydrogen-bond donors (Lipinski definition) is 3. The molecule has 1 atom stereocenters. The number of hydrogen-bond acceptors (Lipinski definition) is 4. The molecule has 0 bridgehead atoms. The summed E-state index contributed by atoms with van der Waals surface area (Å²) in [5.41, 5.74) is 0.715. The van der Waals surface area contributed by atoms with Crippen molar-refractivity contribution in [2.24, 2.45) is 11.8 Å². The highest BCUT2D eigenvalue weighted by Gasteiger charge is 2.19. The van der Waals surface area contributed by atoms with Crippen LogP contribution in [0, 0.1) is 11.8 Å². The monoisotopic (exact) mass is 382 g/mol. The third kappa shape index (κ3) is 8.16. The summed E-state index contributed by atoms with van der Waals surface area (Å²) in [5, 5.41) is 13.4. The van der Waals surface area contributed by atoms with Crippen molar-refractivity contribution >= 4 is 10.0 Å². The van der Waals surface area contributed by atoms with E-state index in [1.807, 2.05) is 18.2 Å². The Morgan fingerprint density at radius 1 is 1.12 bits per heavy atom. The van der Waals surface area contributed by atoms with E-state index in [-0.39, 0.29) is 5.75 Å². The predicted octanol–water partition coefficient (Wildman–Crippen LogP) is 3.01. The number of rotatable bonds is 11. The van der Waals surface area contributed by atoms with E-state index in [2.05, 4.69) is 17.0 Å². The molecule has 0 spiro atoms. The SMILES string of the molecule is CCC1CCC(CNCCCC(O)NS(=O)(=O)Cc2ccccc2)CC1. The molecule has 6 heteroatoms. The minimum atomic E-state index is -3.52. The second kappa shape index (κ2) is 11.0. The van der Waals surface area contributed by atoms with Crippen molar-refractivity contribution < 1.29 is 13.5 Å². The van der Waals surface area contributed by atoms with Crippen LogP contribution in [-0.4, -0.2) is 32.8 Å². The standard InChI is InChI=1S/C20H34N2O3S/c1-2-17-10-12-18(13-11-17)15-21-14-6-9-20(23)22-26(24,25)16-19-7-4-3-5-8-19/h3-5,7-8,17-18,20-23H,2,6,9-16H2,1H3. The van der Waals surface area contributed by atoms with Gasteiger partial charge in [0.05, 0.1) is 5.75 Å². The summed E-state index contributed by atoms with van der Waals surface area (Å²) in [6, 6.07) is 9.00. The lowest BCUT2D eigenvalue weighted by molar-refractivity contribution is 0.150.